The van der Waals surface area contributed by atoms with Gasteiger partial charge in [0.1, 0.15) is 0 Å². The van der Waals surface area contributed by atoms with Gasteiger partial charge in [0.15, 0.2) is 0 Å². The van der Waals surface area contributed by atoms with Gasteiger partial charge in [0.25, 0.3) is 27.2 Å². The summed E-state index contributed by atoms with van der Waals surface area (Å²) in [6.07, 6.45) is 1.19. The van der Waals surface area contributed by atoms with Crippen molar-refractivity contribution >= 4 is 44.4 Å². The fourth-order valence-corrected chi connectivity index (χ4v) is 0.971. The Morgan fingerprint density at radius 1 is 0.486 bits per heavy atom. The van der Waals surface area contributed by atoms with Gasteiger partial charge in [0, 0.05) is 10.8 Å². The van der Waals surface area contributed by atoms with E-state index in [4.69, 9.17) is 79.2 Å². The monoisotopic (exact) mass is 722 g/mol. The molecule has 0 aliphatic carbocycles. The van der Waals surface area contributed by atoms with Crippen LogP contribution in [-0.4, -0.2) is 97.4 Å². The van der Waals surface area contributed by atoms with Crippen molar-refractivity contribution in [1.82, 2.24) is 0 Å². The number of carbonyl (C=O) groups excluding carboxylic acids is 4. The molecule has 0 amide bonds. The number of aliphatic hydroxyl groups is 6. The van der Waals surface area contributed by atoms with Gasteiger partial charge in [-0.05, 0) is 12.8 Å². The van der Waals surface area contributed by atoms with Crippen molar-refractivity contribution in [1.29, 1.82) is 0 Å². The van der Waals surface area contributed by atoms with Gasteiger partial charge in [0.05, 0.1) is 39.6 Å². The molecule has 0 saturated carbocycles. The molecule has 19 heteroatoms. The molecule has 6 N–H and O–H groups in total. The molecule has 0 aromatic rings. The Morgan fingerprint density at radius 3 is 0.571 bits per heavy atom. The molecule has 0 aromatic carbocycles. The maximum absolute atomic E-state index is 8.66. The van der Waals surface area contributed by atoms with E-state index in [1.54, 1.807) is 0 Å². The van der Waals surface area contributed by atoms with Crippen LogP contribution in [0.1, 0.15) is 26.7 Å². The summed E-state index contributed by atoms with van der Waals surface area (Å²) in [5, 5.41) is 51.9. The second-order valence-corrected chi connectivity index (χ2v) is 6.00. The average molecular weight is 722 g/mol. The van der Waals surface area contributed by atoms with Crippen molar-refractivity contribution in [3.05, 3.63) is 0 Å². The predicted molar refractivity (Wildman–Crippen MR) is 105 cm³/mol. The number of hydrogen-bond donors (Lipinski definition) is 6. The topological polar surface area (TPSA) is 328 Å². The summed E-state index contributed by atoms with van der Waals surface area (Å²) in [5.74, 6) is 0. The summed E-state index contributed by atoms with van der Waals surface area (Å²) < 4.78 is 0. The first-order valence-corrected chi connectivity index (χ1v) is 10.2. The third-order valence-electron chi connectivity index (χ3n) is 3.51. The van der Waals surface area contributed by atoms with Crippen LogP contribution in [0.4, 0.5) is 0 Å². The molecule has 0 atom stereocenters. The SMILES string of the molecule is CCC(CO)(CO)CO.CCC(CO)(CO)CO.[C]=O.[C]=O.[C]=O.[C]=O.[O-]P([O-])[O-].[O-]P([O-])[O-].[W+6]. The normalized spacial score (nSPS) is 8.69. The van der Waals surface area contributed by atoms with E-state index in [1.165, 1.54) is 0 Å². The first kappa shape index (κ1) is 59.7. The molecule has 0 aliphatic heterocycles. The van der Waals surface area contributed by atoms with Gasteiger partial charge in [-0.3, -0.25) is 19.2 Å². The minimum Gasteiger partial charge on any atom is -0.854 e. The van der Waals surface area contributed by atoms with Gasteiger partial charge in [-0.1, -0.05) is 13.8 Å². The van der Waals surface area contributed by atoms with E-state index in [0.29, 0.717) is 12.8 Å². The van der Waals surface area contributed by atoms with Crippen molar-refractivity contribution in [3.63, 3.8) is 0 Å². The largest absolute Gasteiger partial charge is 6.00 e. The Morgan fingerprint density at radius 2 is 0.571 bits per heavy atom. The Balaban J connectivity index is -0.0000000345. The van der Waals surface area contributed by atoms with Gasteiger partial charge in [0.2, 0.25) is 0 Å². The summed E-state index contributed by atoms with van der Waals surface area (Å²) in [4.78, 5) is 80.9. The zero-order chi connectivity index (χ0) is 29.8. The zero-order valence-corrected chi connectivity index (χ0v) is 23.4. The standard InChI is InChI=1S/2C6H14O3.4CO.2O3P.W/c2*1-2-6(3-7,4-8)5-9;4*1-2;2*1-4(2)3;/h2*7-9H,2-5H2,1H3;;;;;;;/q;;;;;;2*-3;+6. The first-order valence-electron chi connectivity index (χ1n) is 8.05. The number of hydrogen-bond acceptors (Lipinski definition) is 16. The van der Waals surface area contributed by atoms with Gasteiger partial charge < -0.3 is 77.2 Å². The summed E-state index contributed by atoms with van der Waals surface area (Å²) in [6, 6.07) is 0. The Kier molecular flexibility index (Phi) is 93.1. The van der Waals surface area contributed by atoms with Crippen molar-refractivity contribution in [3.8, 4) is 0 Å². The second kappa shape index (κ2) is 54.6. The molecule has 0 aliphatic rings. The molecule has 0 bridgehead atoms. The summed E-state index contributed by atoms with van der Waals surface area (Å²) in [7, 11) is -6.74. The van der Waals surface area contributed by atoms with Gasteiger partial charge in [-0.25, -0.2) is 0 Å². The molecule has 8 radical (unpaired) electrons. The molecule has 16 nitrogen and oxygen atoms in total. The quantitative estimate of drug-likeness (QED) is 0.127. The van der Waals surface area contributed by atoms with E-state index in [9.17, 15) is 0 Å². The average Bonchev–Trinajstić information content (AvgIpc) is 2.87. The molecule has 0 fully saturated rings. The smallest absolute Gasteiger partial charge is 0.854 e. The van der Waals surface area contributed by atoms with Crippen LogP contribution < -0.4 is 29.4 Å². The Labute approximate surface area is 221 Å². The predicted octanol–water partition coefficient (Wildman–Crippen LogP) is -8.28. The molecule has 0 spiro atoms. The summed E-state index contributed by atoms with van der Waals surface area (Å²) in [6.45, 7) is 20.7. The van der Waals surface area contributed by atoms with Crippen LogP contribution in [0.15, 0.2) is 0 Å². The van der Waals surface area contributed by atoms with Crippen LogP contribution in [0.5, 0.6) is 0 Å². The van der Waals surface area contributed by atoms with Crippen LogP contribution in [0, 0.1) is 10.8 Å². The molecule has 0 saturated heterocycles. The minimum absolute atomic E-state index is 0. The molecule has 0 heterocycles. The molecular weight excluding hydrogens is 694 g/mol. The molecule has 0 unspecified atom stereocenters. The Bertz CT molecular complexity index is 253. The van der Waals surface area contributed by atoms with Gasteiger partial charge in [-0.2, -0.15) is 0 Å². The van der Waals surface area contributed by atoms with Gasteiger partial charge >= 0.3 is 21.1 Å². The molecule has 35 heavy (non-hydrogen) atoms. The first-order chi connectivity index (χ1) is 15.9. The minimum atomic E-state index is -3.37. The van der Waals surface area contributed by atoms with Gasteiger partial charge in [-0.15, -0.1) is 0 Å². The summed E-state index contributed by atoms with van der Waals surface area (Å²) >= 11 is 0. The number of aliphatic hydroxyl groups excluding tert-OH is 6. The third kappa shape index (κ3) is 60.3. The molecule has 0 aromatic heterocycles. The van der Waals surface area contributed by atoms with Crippen molar-refractivity contribution < 1.29 is 100 Å². The third-order valence-corrected chi connectivity index (χ3v) is 3.51. The summed E-state index contributed by atoms with van der Waals surface area (Å²) in [5.41, 5.74) is -1.33. The van der Waals surface area contributed by atoms with Crippen LogP contribution in [0.2, 0.25) is 0 Å². The van der Waals surface area contributed by atoms with Crippen molar-refractivity contribution in [2.24, 2.45) is 10.8 Å². The maximum Gasteiger partial charge on any atom is 6.00 e. The van der Waals surface area contributed by atoms with Crippen molar-refractivity contribution in [2.45, 2.75) is 26.7 Å². The van der Waals surface area contributed by atoms with E-state index in [1.807, 2.05) is 13.8 Å². The molecular formula is C16H28O16P2W. The van der Waals surface area contributed by atoms with E-state index >= 15 is 0 Å². The van der Waals surface area contributed by atoms with Crippen LogP contribution >= 0.6 is 17.2 Å². The Hall–Kier alpha value is -0.252. The van der Waals surface area contributed by atoms with Crippen LogP contribution in [-0.2, 0) is 40.2 Å². The maximum atomic E-state index is 8.66. The fraction of sp³-hybridized carbons (Fsp3) is 0.750. The number of rotatable bonds is 8. The van der Waals surface area contributed by atoms with E-state index < -0.39 is 28.0 Å². The molecule has 0 rings (SSSR count). The molecule has 204 valence electrons. The van der Waals surface area contributed by atoms with Crippen LogP contribution in [0.25, 0.3) is 0 Å². The van der Waals surface area contributed by atoms with E-state index in [2.05, 4.69) is 27.2 Å². The van der Waals surface area contributed by atoms with Crippen LogP contribution in [0.3, 0.4) is 0 Å². The van der Waals surface area contributed by atoms with Crippen molar-refractivity contribution in [2.75, 3.05) is 39.6 Å². The fourth-order valence-electron chi connectivity index (χ4n) is 0.971. The zero-order valence-electron chi connectivity index (χ0n) is 18.7. The van der Waals surface area contributed by atoms with E-state index in [0.717, 1.165) is 0 Å². The second-order valence-electron chi connectivity index (χ2n) is 5.10. The van der Waals surface area contributed by atoms with E-state index in [-0.39, 0.29) is 60.7 Å².